The zero-order valence-corrected chi connectivity index (χ0v) is 23.0. The molecule has 206 valence electrons. The Balaban J connectivity index is 1.33. The van der Waals surface area contributed by atoms with Crippen LogP contribution in [-0.4, -0.2) is 20.2 Å². The molecule has 9 heteroatoms. The Morgan fingerprint density at radius 1 is 0.927 bits per heavy atom. The van der Waals surface area contributed by atoms with Gasteiger partial charge in [0.15, 0.2) is 11.5 Å². The maximum atomic E-state index is 12.9. The van der Waals surface area contributed by atoms with Crippen LogP contribution in [-0.2, 0) is 6.61 Å². The summed E-state index contributed by atoms with van der Waals surface area (Å²) >= 11 is 5.92. The van der Waals surface area contributed by atoms with Gasteiger partial charge in [-0.2, -0.15) is 5.26 Å². The van der Waals surface area contributed by atoms with Crippen LogP contribution < -0.4 is 29.4 Å². The van der Waals surface area contributed by atoms with Crippen molar-refractivity contribution in [2.24, 2.45) is 5.73 Å². The third-order valence-electron chi connectivity index (χ3n) is 6.55. The van der Waals surface area contributed by atoms with Crippen LogP contribution in [0.1, 0.15) is 33.0 Å². The van der Waals surface area contributed by atoms with Crippen LogP contribution in [0.15, 0.2) is 96.4 Å². The predicted molar refractivity (Wildman–Crippen MR) is 152 cm³/mol. The number of carbonyl (C=O) groups is 1. The molecule has 5 rings (SSSR count). The summed E-state index contributed by atoms with van der Waals surface area (Å²) in [6, 6.07) is 26.5. The Bertz CT molecular complexity index is 1660. The fraction of sp³-hybridized carbons (Fsp3) is 0.125. The number of methoxy groups -OCH3 is 2. The molecule has 1 aliphatic heterocycles. The molecule has 0 fully saturated rings. The van der Waals surface area contributed by atoms with Gasteiger partial charge in [-0.3, -0.25) is 0 Å². The summed E-state index contributed by atoms with van der Waals surface area (Å²) in [7, 11) is 3.09. The molecule has 2 N–H and O–H groups in total. The topological polar surface area (TPSA) is 113 Å². The van der Waals surface area contributed by atoms with E-state index in [0.29, 0.717) is 45.8 Å². The Kier molecular flexibility index (Phi) is 7.99. The first-order valence-corrected chi connectivity index (χ1v) is 12.9. The predicted octanol–water partition coefficient (Wildman–Crippen LogP) is 6.37. The molecule has 4 aromatic rings. The van der Waals surface area contributed by atoms with E-state index in [-0.39, 0.29) is 17.2 Å². The van der Waals surface area contributed by atoms with Gasteiger partial charge >= 0.3 is 5.97 Å². The molecule has 0 saturated carbocycles. The van der Waals surface area contributed by atoms with E-state index in [1.165, 1.54) is 7.11 Å². The number of benzene rings is 4. The van der Waals surface area contributed by atoms with Crippen molar-refractivity contribution < 1.29 is 28.5 Å². The average Bonchev–Trinajstić information content (AvgIpc) is 3.00. The van der Waals surface area contributed by atoms with E-state index in [9.17, 15) is 10.1 Å². The van der Waals surface area contributed by atoms with E-state index in [0.717, 1.165) is 11.1 Å². The first-order chi connectivity index (χ1) is 19.9. The van der Waals surface area contributed by atoms with Crippen molar-refractivity contribution in [2.45, 2.75) is 12.5 Å². The van der Waals surface area contributed by atoms with E-state index in [1.807, 2.05) is 18.2 Å². The summed E-state index contributed by atoms with van der Waals surface area (Å²) in [6.45, 7) is 0.367. The molecule has 0 amide bonds. The van der Waals surface area contributed by atoms with Crippen molar-refractivity contribution in [2.75, 3.05) is 14.2 Å². The molecular formula is C32H25ClN2O6. The maximum absolute atomic E-state index is 12.9. The van der Waals surface area contributed by atoms with E-state index < -0.39 is 11.9 Å². The zero-order valence-electron chi connectivity index (χ0n) is 22.2. The van der Waals surface area contributed by atoms with Crippen molar-refractivity contribution in [3.05, 3.63) is 124 Å². The van der Waals surface area contributed by atoms with Gasteiger partial charge in [-0.05, 0) is 65.7 Å². The van der Waals surface area contributed by atoms with E-state index in [2.05, 4.69) is 6.07 Å². The lowest BCUT2D eigenvalue weighted by molar-refractivity contribution is 0.0734. The second-order valence-electron chi connectivity index (χ2n) is 9.07. The molecule has 0 aliphatic carbocycles. The first kappa shape index (κ1) is 27.4. The largest absolute Gasteiger partial charge is 0.493 e. The summed E-state index contributed by atoms with van der Waals surface area (Å²) in [6.07, 6.45) is 0. The van der Waals surface area contributed by atoms with Gasteiger partial charge in [0.25, 0.3) is 0 Å². The van der Waals surface area contributed by atoms with Crippen molar-refractivity contribution in [3.63, 3.8) is 0 Å². The third-order valence-corrected chi connectivity index (χ3v) is 6.80. The Morgan fingerprint density at radius 3 is 2.32 bits per heavy atom. The Hall–Kier alpha value is -5.13. The van der Waals surface area contributed by atoms with Crippen molar-refractivity contribution >= 4 is 17.6 Å². The molecule has 41 heavy (non-hydrogen) atoms. The van der Waals surface area contributed by atoms with Crippen LogP contribution in [0, 0.1) is 11.3 Å². The lowest BCUT2D eigenvalue weighted by atomic mass is 9.83. The fourth-order valence-electron chi connectivity index (χ4n) is 4.48. The number of hydrogen-bond acceptors (Lipinski definition) is 8. The number of halogens is 1. The molecular weight excluding hydrogens is 544 g/mol. The summed E-state index contributed by atoms with van der Waals surface area (Å²) in [5.41, 5.74) is 9.15. The van der Waals surface area contributed by atoms with Gasteiger partial charge in [-0.1, -0.05) is 35.9 Å². The van der Waals surface area contributed by atoms with Crippen LogP contribution in [0.2, 0.25) is 5.02 Å². The molecule has 8 nitrogen and oxygen atoms in total. The molecule has 0 spiro atoms. The average molecular weight is 569 g/mol. The fourth-order valence-corrected chi connectivity index (χ4v) is 4.60. The number of ether oxygens (including phenoxy) is 5. The highest BCUT2D eigenvalue weighted by molar-refractivity contribution is 6.30. The molecule has 0 bridgehead atoms. The number of esters is 1. The standard InChI is InChI=1S/C32H25ClN2O6/c1-37-27-14-7-21(15-29(27)38-2)30-25-13-12-24(16-28(25)41-31(35)26(30)17-34)40-32(36)20-5-10-23(11-6-20)39-18-19-3-8-22(33)9-4-19/h3-16,30H,18,35H2,1-2H3/t30-/m0/s1. The van der Waals surface area contributed by atoms with Crippen LogP contribution in [0.5, 0.6) is 28.7 Å². The molecule has 0 radical (unpaired) electrons. The van der Waals surface area contributed by atoms with Crippen molar-refractivity contribution in [1.82, 2.24) is 0 Å². The number of hydrogen-bond donors (Lipinski definition) is 1. The zero-order chi connectivity index (χ0) is 28.9. The lowest BCUT2D eigenvalue weighted by Gasteiger charge is -2.27. The van der Waals surface area contributed by atoms with Crippen LogP contribution >= 0.6 is 11.6 Å². The van der Waals surface area contributed by atoms with Crippen molar-refractivity contribution in [3.8, 4) is 34.8 Å². The minimum atomic E-state index is -0.553. The van der Waals surface area contributed by atoms with E-state index in [1.54, 1.807) is 73.8 Å². The summed E-state index contributed by atoms with van der Waals surface area (Å²) in [5.74, 6) is 1.21. The quantitative estimate of drug-likeness (QED) is 0.193. The third kappa shape index (κ3) is 5.91. The molecule has 1 aliphatic rings. The SMILES string of the molecule is COc1ccc([C@@H]2C(C#N)=C(N)Oc3cc(OC(=O)c4ccc(OCc5ccc(Cl)cc5)cc4)ccc32)cc1OC. The molecule has 4 aromatic carbocycles. The lowest BCUT2D eigenvalue weighted by Crippen LogP contribution is -2.21. The number of fused-ring (bicyclic) bond motifs is 1. The van der Waals surface area contributed by atoms with Gasteiger partial charge in [0.1, 0.15) is 35.5 Å². The molecule has 0 aromatic heterocycles. The van der Waals surface area contributed by atoms with E-state index in [4.69, 9.17) is 41.0 Å². The van der Waals surface area contributed by atoms with Gasteiger partial charge in [-0.25, -0.2) is 4.79 Å². The number of allylic oxidation sites excluding steroid dienone is 1. The van der Waals surface area contributed by atoms with Crippen molar-refractivity contribution in [1.29, 1.82) is 5.26 Å². The summed E-state index contributed by atoms with van der Waals surface area (Å²) in [5, 5.41) is 10.5. The van der Waals surface area contributed by atoms with E-state index >= 15 is 0 Å². The number of nitrogens with zero attached hydrogens (tertiary/aromatic N) is 1. The number of nitriles is 1. The first-order valence-electron chi connectivity index (χ1n) is 12.5. The normalized spacial score (nSPS) is 13.9. The van der Waals surface area contributed by atoms with Gasteiger partial charge in [0.2, 0.25) is 5.88 Å². The van der Waals surface area contributed by atoms with Crippen LogP contribution in [0.3, 0.4) is 0 Å². The highest BCUT2D eigenvalue weighted by atomic mass is 35.5. The van der Waals surface area contributed by atoms with Crippen LogP contribution in [0.25, 0.3) is 0 Å². The number of rotatable bonds is 8. The highest BCUT2D eigenvalue weighted by Gasteiger charge is 2.31. The number of nitrogens with two attached hydrogens (primary N) is 1. The minimum absolute atomic E-state index is 0.0301. The summed E-state index contributed by atoms with van der Waals surface area (Å²) in [4.78, 5) is 12.9. The smallest absolute Gasteiger partial charge is 0.343 e. The second-order valence-corrected chi connectivity index (χ2v) is 9.50. The second kappa shape index (κ2) is 11.9. The van der Waals surface area contributed by atoms with Gasteiger partial charge in [0.05, 0.1) is 25.7 Å². The number of carbonyl (C=O) groups excluding carboxylic acids is 1. The highest BCUT2D eigenvalue weighted by Crippen LogP contribution is 2.45. The molecule has 0 saturated heterocycles. The molecule has 0 unspecified atom stereocenters. The minimum Gasteiger partial charge on any atom is -0.493 e. The monoisotopic (exact) mass is 568 g/mol. The maximum Gasteiger partial charge on any atom is 0.343 e. The molecule has 1 heterocycles. The Labute approximate surface area is 242 Å². The van der Waals surface area contributed by atoms with Gasteiger partial charge in [-0.15, -0.1) is 0 Å². The van der Waals surface area contributed by atoms with Gasteiger partial charge in [0, 0.05) is 16.7 Å². The summed E-state index contributed by atoms with van der Waals surface area (Å²) < 4.78 is 27.9. The van der Waals surface area contributed by atoms with Gasteiger partial charge < -0.3 is 29.4 Å². The van der Waals surface area contributed by atoms with Crippen LogP contribution in [0.4, 0.5) is 0 Å². The molecule has 1 atom stereocenters. The Morgan fingerprint density at radius 2 is 1.63 bits per heavy atom.